The molecule has 1 aliphatic carbocycles. The van der Waals surface area contributed by atoms with Crippen molar-refractivity contribution in [2.75, 3.05) is 13.7 Å². The van der Waals surface area contributed by atoms with Gasteiger partial charge < -0.3 is 14.6 Å². The van der Waals surface area contributed by atoms with Crippen LogP contribution in [0.3, 0.4) is 0 Å². The maximum Gasteiger partial charge on any atom is 0.213 e. The van der Waals surface area contributed by atoms with Gasteiger partial charge in [-0.25, -0.2) is 4.98 Å². The van der Waals surface area contributed by atoms with E-state index < -0.39 is 0 Å². The third-order valence-electron chi connectivity index (χ3n) is 3.28. The van der Waals surface area contributed by atoms with E-state index in [-0.39, 0.29) is 6.10 Å². The molecule has 1 aromatic heterocycles. The van der Waals surface area contributed by atoms with Gasteiger partial charge in [0.05, 0.1) is 13.3 Å². The highest BCUT2D eigenvalue weighted by Crippen LogP contribution is 2.27. The lowest BCUT2D eigenvalue weighted by Crippen LogP contribution is -2.25. The van der Waals surface area contributed by atoms with Gasteiger partial charge in [0.2, 0.25) is 5.88 Å². The highest BCUT2D eigenvalue weighted by molar-refractivity contribution is 5.22. The molecule has 1 fully saturated rings. The number of ether oxygens (including phenoxy) is 2. The van der Waals surface area contributed by atoms with Crippen LogP contribution in [0, 0.1) is 5.92 Å². The third kappa shape index (κ3) is 3.33. The SMILES string of the molecule is COc1ccc(OC2CCC(CO)CC2)nc1. The number of aliphatic hydroxyl groups excluding tert-OH is 1. The van der Waals surface area contributed by atoms with Crippen molar-refractivity contribution in [1.82, 2.24) is 4.98 Å². The van der Waals surface area contributed by atoms with Crippen molar-refractivity contribution in [2.24, 2.45) is 5.92 Å². The first-order valence-corrected chi connectivity index (χ1v) is 6.09. The van der Waals surface area contributed by atoms with Crippen LogP contribution in [0.15, 0.2) is 18.3 Å². The number of rotatable bonds is 4. The predicted octanol–water partition coefficient (Wildman–Crippen LogP) is 2.02. The molecular weight excluding hydrogens is 218 g/mol. The first-order chi connectivity index (χ1) is 8.31. The topological polar surface area (TPSA) is 51.6 Å². The number of aromatic nitrogens is 1. The number of hydrogen-bond acceptors (Lipinski definition) is 4. The summed E-state index contributed by atoms with van der Waals surface area (Å²) in [5.74, 6) is 1.85. The van der Waals surface area contributed by atoms with E-state index in [9.17, 15) is 0 Å². The van der Waals surface area contributed by atoms with Crippen molar-refractivity contribution >= 4 is 0 Å². The predicted molar refractivity (Wildman–Crippen MR) is 64.2 cm³/mol. The van der Waals surface area contributed by atoms with E-state index in [0.717, 1.165) is 31.4 Å². The molecule has 0 spiro atoms. The molecule has 4 nitrogen and oxygen atoms in total. The fraction of sp³-hybridized carbons (Fsp3) is 0.615. The van der Waals surface area contributed by atoms with Gasteiger partial charge in [-0.05, 0) is 37.7 Å². The zero-order valence-electron chi connectivity index (χ0n) is 10.1. The van der Waals surface area contributed by atoms with Gasteiger partial charge in [-0.2, -0.15) is 0 Å². The van der Waals surface area contributed by atoms with Crippen LogP contribution >= 0.6 is 0 Å². The first kappa shape index (κ1) is 12.2. The summed E-state index contributed by atoms with van der Waals surface area (Å²) in [5, 5.41) is 9.06. The number of nitrogens with zero attached hydrogens (tertiary/aromatic N) is 1. The smallest absolute Gasteiger partial charge is 0.213 e. The van der Waals surface area contributed by atoms with Crippen LogP contribution < -0.4 is 9.47 Å². The van der Waals surface area contributed by atoms with E-state index >= 15 is 0 Å². The van der Waals surface area contributed by atoms with Crippen LogP contribution in [0.2, 0.25) is 0 Å². The standard InChI is InChI=1S/C13H19NO3/c1-16-12-6-7-13(14-8-12)17-11-4-2-10(9-15)3-5-11/h6-8,10-11,15H,2-5,9H2,1H3. The maximum atomic E-state index is 9.06. The van der Waals surface area contributed by atoms with Crippen molar-refractivity contribution in [3.63, 3.8) is 0 Å². The van der Waals surface area contributed by atoms with Crippen LogP contribution in [-0.2, 0) is 0 Å². The van der Waals surface area contributed by atoms with Crippen LogP contribution in [-0.4, -0.2) is 29.9 Å². The van der Waals surface area contributed by atoms with E-state index in [2.05, 4.69) is 4.98 Å². The molecule has 0 unspecified atom stereocenters. The Balaban J connectivity index is 1.84. The molecule has 1 aliphatic rings. The molecule has 1 heterocycles. The minimum Gasteiger partial charge on any atom is -0.495 e. The number of pyridine rings is 1. The summed E-state index contributed by atoms with van der Waals surface area (Å²) < 4.78 is 10.8. The fourth-order valence-corrected chi connectivity index (χ4v) is 2.16. The highest BCUT2D eigenvalue weighted by atomic mass is 16.5. The Kier molecular flexibility index (Phi) is 4.20. The monoisotopic (exact) mass is 237 g/mol. The molecule has 17 heavy (non-hydrogen) atoms. The third-order valence-corrected chi connectivity index (χ3v) is 3.28. The van der Waals surface area contributed by atoms with Crippen LogP contribution in [0.25, 0.3) is 0 Å². The Bertz CT molecular complexity index is 331. The van der Waals surface area contributed by atoms with Crippen molar-refractivity contribution < 1.29 is 14.6 Å². The second-order valence-corrected chi connectivity index (χ2v) is 4.48. The second-order valence-electron chi connectivity index (χ2n) is 4.48. The number of methoxy groups -OCH3 is 1. The minimum atomic E-state index is 0.235. The summed E-state index contributed by atoms with van der Waals surface area (Å²) in [5.41, 5.74) is 0. The van der Waals surface area contributed by atoms with E-state index in [1.165, 1.54) is 0 Å². The van der Waals surface area contributed by atoms with Gasteiger partial charge >= 0.3 is 0 Å². The van der Waals surface area contributed by atoms with Crippen molar-refractivity contribution in [3.8, 4) is 11.6 Å². The Morgan fingerprint density at radius 1 is 1.29 bits per heavy atom. The van der Waals surface area contributed by atoms with Crippen molar-refractivity contribution in [2.45, 2.75) is 31.8 Å². The van der Waals surface area contributed by atoms with Crippen LogP contribution in [0.5, 0.6) is 11.6 Å². The molecule has 0 radical (unpaired) electrons. The van der Waals surface area contributed by atoms with Crippen LogP contribution in [0.1, 0.15) is 25.7 Å². The average molecular weight is 237 g/mol. The Hall–Kier alpha value is -1.29. The lowest BCUT2D eigenvalue weighted by Gasteiger charge is -2.27. The molecule has 4 heteroatoms. The molecule has 1 aromatic rings. The lowest BCUT2D eigenvalue weighted by molar-refractivity contribution is 0.100. The summed E-state index contributed by atoms with van der Waals surface area (Å²) in [6.45, 7) is 0.299. The molecule has 1 N–H and O–H groups in total. The Morgan fingerprint density at radius 2 is 2.06 bits per heavy atom. The molecule has 0 saturated heterocycles. The van der Waals surface area contributed by atoms with Gasteiger partial charge in [-0.3, -0.25) is 0 Å². The number of aliphatic hydroxyl groups is 1. The molecule has 0 aliphatic heterocycles. The van der Waals surface area contributed by atoms with E-state index in [1.54, 1.807) is 13.3 Å². The summed E-state index contributed by atoms with van der Waals surface area (Å²) in [7, 11) is 1.62. The van der Waals surface area contributed by atoms with E-state index in [0.29, 0.717) is 18.4 Å². The lowest BCUT2D eigenvalue weighted by atomic mass is 9.88. The first-order valence-electron chi connectivity index (χ1n) is 6.09. The summed E-state index contributed by atoms with van der Waals surface area (Å²) in [6, 6.07) is 3.68. The van der Waals surface area contributed by atoms with E-state index in [1.807, 2.05) is 12.1 Å². The van der Waals surface area contributed by atoms with Gasteiger partial charge in [-0.15, -0.1) is 0 Å². The molecule has 0 aromatic carbocycles. The fourth-order valence-electron chi connectivity index (χ4n) is 2.16. The highest BCUT2D eigenvalue weighted by Gasteiger charge is 2.21. The maximum absolute atomic E-state index is 9.06. The summed E-state index contributed by atoms with van der Waals surface area (Å²) in [6.07, 6.45) is 5.97. The average Bonchev–Trinajstić information content (AvgIpc) is 2.40. The quantitative estimate of drug-likeness (QED) is 0.870. The molecular formula is C13H19NO3. The number of hydrogen-bond donors (Lipinski definition) is 1. The molecule has 0 atom stereocenters. The van der Waals surface area contributed by atoms with Gasteiger partial charge in [-0.1, -0.05) is 0 Å². The van der Waals surface area contributed by atoms with Gasteiger partial charge in [0, 0.05) is 12.7 Å². The largest absolute Gasteiger partial charge is 0.495 e. The minimum absolute atomic E-state index is 0.235. The molecule has 94 valence electrons. The van der Waals surface area contributed by atoms with Gasteiger partial charge in [0.15, 0.2) is 0 Å². The molecule has 1 saturated carbocycles. The summed E-state index contributed by atoms with van der Waals surface area (Å²) in [4.78, 5) is 4.19. The molecule has 0 amide bonds. The van der Waals surface area contributed by atoms with Crippen molar-refractivity contribution in [3.05, 3.63) is 18.3 Å². The molecule has 2 rings (SSSR count). The van der Waals surface area contributed by atoms with Gasteiger partial charge in [0.25, 0.3) is 0 Å². The summed E-state index contributed by atoms with van der Waals surface area (Å²) >= 11 is 0. The van der Waals surface area contributed by atoms with Crippen molar-refractivity contribution in [1.29, 1.82) is 0 Å². The zero-order valence-corrected chi connectivity index (χ0v) is 10.1. The van der Waals surface area contributed by atoms with Gasteiger partial charge in [0.1, 0.15) is 11.9 Å². The molecule has 0 bridgehead atoms. The second kappa shape index (κ2) is 5.87. The zero-order chi connectivity index (χ0) is 12.1. The van der Waals surface area contributed by atoms with Crippen LogP contribution in [0.4, 0.5) is 0 Å². The van der Waals surface area contributed by atoms with E-state index in [4.69, 9.17) is 14.6 Å². The Labute approximate surface area is 102 Å². The Morgan fingerprint density at radius 3 is 2.59 bits per heavy atom. The normalized spacial score (nSPS) is 24.4.